The van der Waals surface area contributed by atoms with Crippen LogP contribution in [0.3, 0.4) is 0 Å². The quantitative estimate of drug-likeness (QED) is 0.732. The Balaban J connectivity index is 0.00000261. The lowest BCUT2D eigenvalue weighted by Gasteiger charge is -2.28. The molecule has 2 aromatic rings. The number of nitrogens with one attached hydrogen (secondary N) is 2. The van der Waals surface area contributed by atoms with Gasteiger partial charge in [-0.25, -0.2) is 4.79 Å². The number of rotatable bonds is 5. The molecule has 0 aliphatic carbocycles. The van der Waals surface area contributed by atoms with Crippen molar-refractivity contribution in [3.63, 3.8) is 0 Å². The molecule has 1 atom stereocenters. The van der Waals surface area contributed by atoms with Crippen LogP contribution in [0.15, 0.2) is 54.6 Å². The summed E-state index contributed by atoms with van der Waals surface area (Å²) in [5.74, 6) is -0.248. The number of carbonyl (C=O) groups excluding carboxylic acids is 2. The second-order valence-corrected chi connectivity index (χ2v) is 6.42. The molecule has 1 aliphatic heterocycles. The van der Waals surface area contributed by atoms with Gasteiger partial charge < -0.3 is 21.3 Å². The van der Waals surface area contributed by atoms with Gasteiger partial charge in [0.25, 0.3) is 0 Å². The zero-order valence-electron chi connectivity index (χ0n) is 15.1. The number of fused-ring (bicyclic) bond motifs is 1. The van der Waals surface area contributed by atoms with Crippen molar-refractivity contribution in [1.82, 2.24) is 15.5 Å². The number of carbonyl (C=O) groups is 2. The molecule has 7 heteroatoms. The molecule has 0 bridgehead atoms. The average Bonchev–Trinajstić information content (AvgIpc) is 2.70. The van der Waals surface area contributed by atoms with Crippen LogP contribution in [0.2, 0.25) is 0 Å². The van der Waals surface area contributed by atoms with E-state index in [1.54, 1.807) is 4.90 Å². The van der Waals surface area contributed by atoms with E-state index in [4.69, 9.17) is 5.73 Å². The van der Waals surface area contributed by atoms with Crippen LogP contribution >= 0.6 is 12.4 Å². The van der Waals surface area contributed by atoms with Crippen LogP contribution in [-0.4, -0.2) is 36.5 Å². The molecule has 0 spiro atoms. The molecule has 0 saturated carbocycles. The van der Waals surface area contributed by atoms with Gasteiger partial charge in [0, 0.05) is 25.7 Å². The first-order chi connectivity index (χ1) is 12.6. The summed E-state index contributed by atoms with van der Waals surface area (Å²) in [6.45, 7) is 1.50. The molecule has 27 heavy (non-hydrogen) atoms. The first-order valence-corrected chi connectivity index (χ1v) is 8.80. The topological polar surface area (TPSA) is 87.5 Å². The normalized spacial score (nSPS) is 13.7. The van der Waals surface area contributed by atoms with Gasteiger partial charge in [-0.3, -0.25) is 4.79 Å². The van der Waals surface area contributed by atoms with Crippen molar-refractivity contribution in [1.29, 1.82) is 0 Å². The number of halogens is 1. The number of hydrogen-bond acceptors (Lipinski definition) is 3. The van der Waals surface area contributed by atoms with E-state index in [0.717, 1.165) is 17.5 Å². The summed E-state index contributed by atoms with van der Waals surface area (Å²) in [4.78, 5) is 26.0. The number of hydrogen-bond donors (Lipinski definition) is 3. The van der Waals surface area contributed by atoms with Gasteiger partial charge in [0.05, 0.1) is 6.54 Å². The lowest BCUT2D eigenvalue weighted by atomic mass is 10.0. The van der Waals surface area contributed by atoms with Crippen molar-refractivity contribution in [2.45, 2.75) is 19.0 Å². The van der Waals surface area contributed by atoms with Gasteiger partial charge in [0.2, 0.25) is 5.91 Å². The fourth-order valence-corrected chi connectivity index (χ4v) is 3.04. The lowest BCUT2D eigenvalue weighted by Crippen LogP contribution is -2.46. The van der Waals surface area contributed by atoms with Crippen LogP contribution in [0.4, 0.5) is 4.79 Å². The minimum atomic E-state index is -0.269. The molecule has 4 N–H and O–H groups in total. The number of nitrogens with two attached hydrogens (primary N) is 1. The molecule has 1 aliphatic rings. The summed E-state index contributed by atoms with van der Waals surface area (Å²) >= 11 is 0. The van der Waals surface area contributed by atoms with E-state index in [-0.39, 0.29) is 36.9 Å². The third kappa shape index (κ3) is 5.70. The third-order valence-electron chi connectivity index (χ3n) is 4.56. The molecule has 0 radical (unpaired) electrons. The molecule has 0 fully saturated rings. The first kappa shape index (κ1) is 20.7. The molecule has 2 aromatic carbocycles. The second-order valence-electron chi connectivity index (χ2n) is 6.42. The van der Waals surface area contributed by atoms with Gasteiger partial charge in [0.15, 0.2) is 0 Å². The van der Waals surface area contributed by atoms with E-state index in [2.05, 4.69) is 16.7 Å². The maximum Gasteiger partial charge on any atom is 0.318 e. The van der Waals surface area contributed by atoms with Crippen LogP contribution in [0.5, 0.6) is 0 Å². The zero-order chi connectivity index (χ0) is 18.4. The van der Waals surface area contributed by atoms with Gasteiger partial charge in [-0.1, -0.05) is 54.6 Å². The van der Waals surface area contributed by atoms with E-state index in [0.29, 0.717) is 19.6 Å². The van der Waals surface area contributed by atoms with E-state index in [9.17, 15) is 9.59 Å². The van der Waals surface area contributed by atoms with Gasteiger partial charge in [-0.2, -0.15) is 0 Å². The molecule has 3 rings (SSSR count). The van der Waals surface area contributed by atoms with Gasteiger partial charge in [0.1, 0.15) is 0 Å². The highest BCUT2D eigenvalue weighted by Crippen LogP contribution is 2.18. The molecule has 1 unspecified atom stereocenters. The first-order valence-electron chi connectivity index (χ1n) is 8.80. The van der Waals surface area contributed by atoms with Crippen molar-refractivity contribution in [2.24, 2.45) is 5.73 Å². The van der Waals surface area contributed by atoms with Crippen molar-refractivity contribution < 1.29 is 9.59 Å². The maximum atomic E-state index is 12.3. The predicted octanol–water partition coefficient (Wildman–Crippen LogP) is 1.99. The Kier molecular flexibility index (Phi) is 7.64. The Morgan fingerprint density at radius 1 is 1.00 bits per heavy atom. The Hall–Kier alpha value is -2.57. The standard InChI is InChI=1S/C20H24N4O2.ClH/c21-18(16-7-2-1-3-8-16)12-22-19(25)13-23-20(26)24-11-10-15-6-4-5-9-17(15)14-24;/h1-9,18H,10-14,21H2,(H,22,25)(H,23,26);1H. The molecule has 1 heterocycles. The van der Waals surface area contributed by atoms with Crippen molar-refractivity contribution >= 4 is 24.3 Å². The second kappa shape index (κ2) is 9.94. The SMILES string of the molecule is Cl.NC(CNC(=O)CNC(=O)N1CCc2ccccc2C1)c1ccccc1. The summed E-state index contributed by atoms with van der Waals surface area (Å²) in [6.07, 6.45) is 0.835. The van der Waals surface area contributed by atoms with Crippen molar-refractivity contribution in [2.75, 3.05) is 19.6 Å². The highest BCUT2D eigenvalue weighted by atomic mass is 35.5. The fraction of sp³-hybridized carbons (Fsp3) is 0.300. The summed E-state index contributed by atoms with van der Waals surface area (Å²) in [7, 11) is 0. The Labute approximate surface area is 165 Å². The van der Waals surface area contributed by atoms with E-state index >= 15 is 0 Å². The summed E-state index contributed by atoms with van der Waals surface area (Å²) in [5, 5.41) is 5.44. The minimum Gasteiger partial charge on any atom is -0.353 e. The molecular weight excluding hydrogens is 364 g/mol. The number of amides is 3. The minimum absolute atomic E-state index is 0. The maximum absolute atomic E-state index is 12.3. The monoisotopic (exact) mass is 388 g/mol. The van der Waals surface area contributed by atoms with Crippen LogP contribution in [0, 0.1) is 0 Å². The van der Waals surface area contributed by atoms with Gasteiger partial charge in [-0.15, -0.1) is 12.4 Å². The molecule has 144 valence electrons. The Bertz CT molecular complexity index is 770. The van der Waals surface area contributed by atoms with Crippen LogP contribution in [0.25, 0.3) is 0 Å². The average molecular weight is 389 g/mol. The van der Waals surface area contributed by atoms with Crippen LogP contribution in [-0.2, 0) is 17.8 Å². The predicted molar refractivity (Wildman–Crippen MR) is 108 cm³/mol. The van der Waals surface area contributed by atoms with Crippen LogP contribution in [0.1, 0.15) is 22.7 Å². The van der Waals surface area contributed by atoms with E-state index in [1.807, 2.05) is 48.5 Å². The van der Waals surface area contributed by atoms with Crippen molar-refractivity contribution in [3.05, 3.63) is 71.3 Å². The van der Waals surface area contributed by atoms with E-state index in [1.165, 1.54) is 5.56 Å². The molecular formula is C20H25ClN4O2. The highest BCUT2D eigenvalue weighted by Gasteiger charge is 2.20. The molecule has 0 saturated heterocycles. The molecule has 6 nitrogen and oxygen atoms in total. The highest BCUT2D eigenvalue weighted by molar-refractivity contribution is 5.85. The fourth-order valence-electron chi connectivity index (χ4n) is 3.04. The Morgan fingerprint density at radius 2 is 1.67 bits per heavy atom. The van der Waals surface area contributed by atoms with E-state index < -0.39 is 0 Å². The largest absolute Gasteiger partial charge is 0.353 e. The van der Waals surface area contributed by atoms with Gasteiger partial charge in [-0.05, 0) is 23.1 Å². The summed E-state index contributed by atoms with van der Waals surface area (Å²) < 4.78 is 0. The zero-order valence-corrected chi connectivity index (χ0v) is 15.9. The third-order valence-corrected chi connectivity index (χ3v) is 4.56. The van der Waals surface area contributed by atoms with Gasteiger partial charge >= 0.3 is 6.03 Å². The summed E-state index contributed by atoms with van der Waals surface area (Å²) in [6, 6.07) is 17.2. The summed E-state index contributed by atoms with van der Waals surface area (Å²) in [5.41, 5.74) is 9.45. The Morgan fingerprint density at radius 3 is 2.41 bits per heavy atom. The number of urea groups is 1. The number of benzene rings is 2. The van der Waals surface area contributed by atoms with Crippen LogP contribution < -0.4 is 16.4 Å². The lowest BCUT2D eigenvalue weighted by molar-refractivity contribution is -0.120. The number of nitrogens with zero attached hydrogens (tertiary/aromatic N) is 1. The smallest absolute Gasteiger partial charge is 0.318 e. The molecule has 3 amide bonds. The van der Waals surface area contributed by atoms with Crippen molar-refractivity contribution in [3.8, 4) is 0 Å². The molecule has 0 aromatic heterocycles.